The summed E-state index contributed by atoms with van der Waals surface area (Å²) in [7, 11) is 0. The standard InChI is InChI=1S/C17H25N3O3/c1-3-19(4-2)15-11-14(12-18-13-15)16(21)20-7-5-17(6-8-20)22-9-10-23-17/h11-13H,3-10H2,1-2H3. The Labute approximate surface area is 137 Å². The molecule has 0 unspecified atom stereocenters. The number of hydrogen-bond donors (Lipinski definition) is 0. The molecule has 126 valence electrons. The van der Waals surface area contributed by atoms with Crippen molar-refractivity contribution in [3.05, 3.63) is 24.0 Å². The summed E-state index contributed by atoms with van der Waals surface area (Å²) in [6.07, 6.45) is 4.95. The van der Waals surface area contributed by atoms with Crippen LogP contribution in [0.2, 0.25) is 0 Å². The molecule has 6 heteroatoms. The third kappa shape index (κ3) is 3.33. The van der Waals surface area contributed by atoms with Crippen molar-refractivity contribution < 1.29 is 14.3 Å². The molecule has 0 saturated carbocycles. The molecule has 2 aliphatic rings. The molecular formula is C17H25N3O3. The van der Waals surface area contributed by atoms with Crippen molar-refractivity contribution in [1.82, 2.24) is 9.88 Å². The van der Waals surface area contributed by atoms with Gasteiger partial charge in [-0.2, -0.15) is 0 Å². The molecule has 0 bridgehead atoms. The zero-order valence-electron chi connectivity index (χ0n) is 14.0. The van der Waals surface area contributed by atoms with Crippen LogP contribution in [0.4, 0.5) is 5.69 Å². The molecule has 1 amide bonds. The molecule has 23 heavy (non-hydrogen) atoms. The molecule has 1 aromatic rings. The van der Waals surface area contributed by atoms with Crippen LogP contribution in [0.25, 0.3) is 0 Å². The van der Waals surface area contributed by atoms with E-state index in [1.165, 1.54) is 0 Å². The van der Waals surface area contributed by atoms with Crippen LogP contribution in [0.3, 0.4) is 0 Å². The van der Waals surface area contributed by atoms with E-state index in [1.54, 1.807) is 6.20 Å². The molecule has 0 radical (unpaired) electrons. The fourth-order valence-electron chi connectivity index (χ4n) is 3.33. The zero-order valence-corrected chi connectivity index (χ0v) is 14.0. The van der Waals surface area contributed by atoms with Gasteiger partial charge in [0.05, 0.1) is 30.7 Å². The smallest absolute Gasteiger partial charge is 0.255 e. The lowest BCUT2D eigenvalue weighted by molar-refractivity contribution is -0.181. The minimum Gasteiger partial charge on any atom is -0.371 e. The molecular weight excluding hydrogens is 294 g/mol. The first-order valence-corrected chi connectivity index (χ1v) is 8.44. The van der Waals surface area contributed by atoms with E-state index in [0.717, 1.165) is 31.6 Å². The van der Waals surface area contributed by atoms with Gasteiger partial charge in [0.2, 0.25) is 0 Å². The first-order valence-electron chi connectivity index (χ1n) is 8.44. The monoisotopic (exact) mass is 319 g/mol. The Hall–Kier alpha value is -1.66. The second kappa shape index (κ2) is 6.84. The van der Waals surface area contributed by atoms with Crippen molar-refractivity contribution in [2.45, 2.75) is 32.5 Å². The van der Waals surface area contributed by atoms with Gasteiger partial charge in [0.25, 0.3) is 5.91 Å². The molecule has 2 aliphatic heterocycles. The van der Waals surface area contributed by atoms with Gasteiger partial charge in [-0.05, 0) is 19.9 Å². The second-order valence-corrected chi connectivity index (χ2v) is 6.00. The van der Waals surface area contributed by atoms with Crippen LogP contribution in [0.5, 0.6) is 0 Å². The molecule has 3 rings (SSSR count). The molecule has 0 N–H and O–H groups in total. The molecule has 0 aliphatic carbocycles. The highest BCUT2D eigenvalue weighted by Crippen LogP contribution is 2.31. The largest absolute Gasteiger partial charge is 0.371 e. The van der Waals surface area contributed by atoms with Gasteiger partial charge in [-0.1, -0.05) is 0 Å². The van der Waals surface area contributed by atoms with Crippen molar-refractivity contribution in [2.75, 3.05) is 44.3 Å². The number of rotatable bonds is 4. The SMILES string of the molecule is CCN(CC)c1cncc(C(=O)N2CCC3(CC2)OCCO3)c1. The van der Waals surface area contributed by atoms with E-state index >= 15 is 0 Å². The van der Waals surface area contributed by atoms with Crippen LogP contribution >= 0.6 is 0 Å². The number of hydrogen-bond acceptors (Lipinski definition) is 5. The molecule has 3 heterocycles. The fourth-order valence-corrected chi connectivity index (χ4v) is 3.33. The normalized spacial score (nSPS) is 20.0. The molecule has 1 spiro atoms. The number of nitrogens with zero attached hydrogens (tertiary/aromatic N) is 3. The maximum absolute atomic E-state index is 12.7. The number of ether oxygens (including phenoxy) is 2. The van der Waals surface area contributed by atoms with E-state index in [1.807, 2.05) is 17.2 Å². The third-order valence-electron chi connectivity index (χ3n) is 4.73. The summed E-state index contributed by atoms with van der Waals surface area (Å²) >= 11 is 0. The first kappa shape index (κ1) is 16.2. The van der Waals surface area contributed by atoms with Gasteiger partial charge < -0.3 is 19.3 Å². The summed E-state index contributed by atoms with van der Waals surface area (Å²) in [6, 6.07) is 1.94. The number of aromatic nitrogens is 1. The molecule has 0 aromatic carbocycles. The van der Waals surface area contributed by atoms with Crippen molar-refractivity contribution >= 4 is 11.6 Å². The highest BCUT2D eigenvalue weighted by atomic mass is 16.7. The highest BCUT2D eigenvalue weighted by Gasteiger charge is 2.40. The predicted molar refractivity (Wildman–Crippen MR) is 87.6 cm³/mol. The maximum Gasteiger partial charge on any atom is 0.255 e. The maximum atomic E-state index is 12.7. The molecule has 2 saturated heterocycles. The molecule has 0 atom stereocenters. The van der Waals surface area contributed by atoms with Crippen LogP contribution in [-0.4, -0.2) is 61.0 Å². The minimum absolute atomic E-state index is 0.0411. The van der Waals surface area contributed by atoms with E-state index < -0.39 is 5.79 Å². The number of piperidine rings is 1. The number of carbonyl (C=O) groups is 1. The Morgan fingerprint density at radius 1 is 1.22 bits per heavy atom. The minimum atomic E-state index is -0.446. The van der Waals surface area contributed by atoms with Crippen LogP contribution in [0, 0.1) is 0 Å². The fraction of sp³-hybridized carbons (Fsp3) is 0.647. The summed E-state index contributed by atoms with van der Waals surface area (Å²) in [5.74, 6) is -0.405. The van der Waals surface area contributed by atoms with Crippen molar-refractivity contribution in [2.24, 2.45) is 0 Å². The highest BCUT2D eigenvalue weighted by molar-refractivity contribution is 5.94. The van der Waals surface area contributed by atoms with Crippen LogP contribution in [0.1, 0.15) is 37.0 Å². The summed E-state index contributed by atoms with van der Waals surface area (Å²) in [6.45, 7) is 8.64. The Balaban J connectivity index is 1.68. The average Bonchev–Trinajstić information content (AvgIpc) is 3.04. The topological polar surface area (TPSA) is 54.9 Å². The van der Waals surface area contributed by atoms with Gasteiger partial charge in [0.15, 0.2) is 5.79 Å². The Bertz CT molecular complexity index is 544. The Morgan fingerprint density at radius 2 is 1.87 bits per heavy atom. The predicted octanol–water partition coefficient (Wildman–Crippen LogP) is 1.91. The molecule has 1 aromatic heterocycles. The van der Waals surface area contributed by atoms with Gasteiger partial charge in [0, 0.05) is 45.2 Å². The first-order chi connectivity index (χ1) is 11.2. The van der Waals surface area contributed by atoms with Gasteiger partial charge in [0.1, 0.15) is 0 Å². The second-order valence-electron chi connectivity index (χ2n) is 6.00. The van der Waals surface area contributed by atoms with E-state index in [0.29, 0.717) is 31.9 Å². The quantitative estimate of drug-likeness (QED) is 0.848. The Morgan fingerprint density at radius 3 is 2.48 bits per heavy atom. The summed E-state index contributed by atoms with van der Waals surface area (Å²) in [4.78, 5) is 21.1. The van der Waals surface area contributed by atoms with Crippen molar-refractivity contribution in [3.8, 4) is 0 Å². The number of amides is 1. The number of pyridine rings is 1. The van der Waals surface area contributed by atoms with Gasteiger partial charge in [-0.25, -0.2) is 0 Å². The van der Waals surface area contributed by atoms with Gasteiger partial charge in [-0.3, -0.25) is 9.78 Å². The van der Waals surface area contributed by atoms with Gasteiger partial charge >= 0.3 is 0 Å². The van der Waals surface area contributed by atoms with Gasteiger partial charge in [-0.15, -0.1) is 0 Å². The van der Waals surface area contributed by atoms with E-state index in [-0.39, 0.29) is 5.91 Å². The van der Waals surface area contributed by atoms with Crippen LogP contribution in [0.15, 0.2) is 18.5 Å². The lowest BCUT2D eigenvalue weighted by Crippen LogP contribution is -2.47. The van der Waals surface area contributed by atoms with E-state index in [2.05, 4.69) is 23.7 Å². The third-order valence-corrected chi connectivity index (χ3v) is 4.73. The molecule has 6 nitrogen and oxygen atoms in total. The molecule has 2 fully saturated rings. The zero-order chi connectivity index (χ0) is 16.3. The lowest BCUT2D eigenvalue weighted by atomic mass is 10.0. The number of carbonyl (C=O) groups excluding carboxylic acids is 1. The van der Waals surface area contributed by atoms with E-state index in [9.17, 15) is 4.79 Å². The number of anilines is 1. The average molecular weight is 319 g/mol. The number of likely N-dealkylation sites (tertiary alicyclic amines) is 1. The summed E-state index contributed by atoms with van der Waals surface area (Å²) in [5, 5.41) is 0. The summed E-state index contributed by atoms with van der Waals surface area (Å²) in [5.41, 5.74) is 1.65. The van der Waals surface area contributed by atoms with Crippen molar-refractivity contribution in [3.63, 3.8) is 0 Å². The van der Waals surface area contributed by atoms with E-state index in [4.69, 9.17) is 9.47 Å². The van der Waals surface area contributed by atoms with Crippen LogP contribution in [-0.2, 0) is 9.47 Å². The Kier molecular flexibility index (Phi) is 4.82. The van der Waals surface area contributed by atoms with Crippen LogP contribution < -0.4 is 4.90 Å². The van der Waals surface area contributed by atoms with Crippen molar-refractivity contribution in [1.29, 1.82) is 0 Å². The summed E-state index contributed by atoms with van der Waals surface area (Å²) < 4.78 is 11.4. The lowest BCUT2D eigenvalue weighted by Gasteiger charge is -2.37.